The third-order valence-corrected chi connectivity index (χ3v) is 4.57. The van der Waals surface area contributed by atoms with E-state index in [2.05, 4.69) is 56.1 Å². The highest BCUT2D eigenvalue weighted by atomic mass is 16.5. The summed E-state index contributed by atoms with van der Waals surface area (Å²) < 4.78 is 6.05. The second-order valence-electron chi connectivity index (χ2n) is 6.09. The molecule has 0 bridgehead atoms. The van der Waals surface area contributed by atoms with Gasteiger partial charge in [0.2, 0.25) is 0 Å². The van der Waals surface area contributed by atoms with Crippen LogP contribution in [0.1, 0.15) is 30.5 Å². The first-order valence-electron chi connectivity index (χ1n) is 8.27. The molecule has 0 aliphatic carbocycles. The number of rotatable bonds is 6. The van der Waals surface area contributed by atoms with E-state index in [1.165, 1.54) is 16.7 Å². The minimum Gasteiger partial charge on any atom is -0.374 e. The molecule has 118 valence electrons. The molecule has 3 heteroatoms. The number of nitrogens with one attached hydrogen (secondary N) is 1. The standard InChI is InChI=1S/C18H30N2O/c1-5-19-17(18-13-20(6-2)9-10-21-18)12-16-8-7-14(3)15(4)11-16/h7-8,11,17-19H,5-6,9-10,12-13H2,1-4H3. The summed E-state index contributed by atoms with van der Waals surface area (Å²) in [7, 11) is 0. The van der Waals surface area contributed by atoms with Gasteiger partial charge in [-0.2, -0.15) is 0 Å². The van der Waals surface area contributed by atoms with E-state index in [9.17, 15) is 0 Å². The van der Waals surface area contributed by atoms with Gasteiger partial charge in [-0.3, -0.25) is 4.90 Å². The highest BCUT2D eigenvalue weighted by Gasteiger charge is 2.27. The Labute approximate surface area is 129 Å². The molecule has 1 aromatic rings. The first-order chi connectivity index (χ1) is 10.1. The number of likely N-dealkylation sites (N-methyl/N-ethyl adjacent to an activating group) is 2. The van der Waals surface area contributed by atoms with Crippen LogP contribution in [0.4, 0.5) is 0 Å². The lowest BCUT2D eigenvalue weighted by Crippen LogP contribution is -2.53. The Kier molecular flexibility index (Phi) is 6.22. The van der Waals surface area contributed by atoms with Crippen LogP contribution < -0.4 is 5.32 Å². The lowest BCUT2D eigenvalue weighted by molar-refractivity contribution is -0.0445. The molecule has 3 nitrogen and oxygen atoms in total. The van der Waals surface area contributed by atoms with E-state index < -0.39 is 0 Å². The van der Waals surface area contributed by atoms with Crippen molar-refractivity contribution in [3.63, 3.8) is 0 Å². The molecule has 0 radical (unpaired) electrons. The third-order valence-electron chi connectivity index (χ3n) is 4.57. The highest BCUT2D eigenvalue weighted by Crippen LogP contribution is 2.16. The molecule has 21 heavy (non-hydrogen) atoms. The molecular weight excluding hydrogens is 260 g/mol. The van der Waals surface area contributed by atoms with Crippen molar-refractivity contribution in [1.29, 1.82) is 0 Å². The summed E-state index contributed by atoms with van der Waals surface area (Å²) in [6, 6.07) is 7.20. The first-order valence-corrected chi connectivity index (χ1v) is 8.27. The summed E-state index contributed by atoms with van der Waals surface area (Å²) in [4.78, 5) is 2.49. The predicted octanol–water partition coefficient (Wildman–Crippen LogP) is 2.54. The van der Waals surface area contributed by atoms with Gasteiger partial charge in [0.25, 0.3) is 0 Å². The van der Waals surface area contributed by atoms with Crippen LogP contribution in [0, 0.1) is 13.8 Å². The fourth-order valence-corrected chi connectivity index (χ4v) is 3.04. The van der Waals surface area contributed by atoms with Crippen molar-refractivity contribution in [2.75, 3.05) is 32.8 Å². The molecule has 1 aliphatic rings. The van der Waals surface area contributed by atoms with E-state index in [1.807, 2.05) is 0 Å². The van der Waals surface area contributed by atoms with Crippen molar-refractivity contribution in [2.45, 2.75) is 46.3 Å². The van der Waals surface area contributed by atoms with Crippen LogP contribution in [0.25, 0.3) is 0 Å². The van der Waals surface area contributed by atoms with Gasteiger partial charge < -0.3 is 10.1 Å². The molecule has 0 spiro atoms. The number of nitrogens with zero attached hydrogens (tertiary/aromatic N) is 1. The molecule has 2 rings (SSSR count). The highest BCUT2D eigenvalue weighted by molar-refractivity contribution is 5.30. The number of hydrogen-bond acceptors (Lipinski definition) is 3. The zero-order valence-electron chi connectivity index (χ0n) is 14.0. The lowest BCUT2D eigenvalue weighted by Gasteiger charge is -2.37. The second-order valence-corrected chi connectivity index (χ2v) is 6.09. The molecule has 1 aromatic carbocycles. The topological polar surface area (TPSA) is 24.5 Å². The SMILES string of the molecule is CCNC(Cc1ccc(C)c(C)c1)C1CN(CC)CCO1. The number of aryl methyl sites for hydroxylation is 2. The van der Waals surface area contributed by atoms with Gasteiger partial charge in [-0.1, -0.05) is 32.0 Å². The fraction of sp³-hybridized carbons (Fsp3) is 0.667. The zero-order chi connectivity index (χ0) is 15.2. The Morgan fingerprint density at radius 1 is 1.29 bits per heavy atom. The number of ether oxygens (including phenoxy) is 1. The molecule has 1 saturated heterocycles. The number of hydrogen-bond donors (Lipinski definition) is 1. The van der Waals surface area contributed by atoms with E-state index in [4.69, 9.17) is 4.74 Å². The minimum absolute atomic E-state index is 0.292. The molecule has 0 aromatic heterocycles. The minimum atomic E-state index is 0.292. The maximum Gasteiger partial charge on any atom is 0.0858 e. The van der Waals surface area contributed by atoms with Crippen LogP contribution >= 0.6 is 0 Å². The summed E-state index contributed by atoms with van der Waals surface area (Å²) in [5.74, 6) is 0. The van der Waals surface area contributed by atoms with Gasteiger partial charge >= 0.3 is 0 Å². The average molecular weight is 290 g/mol. The maximum absolute atomic E-state index is 6.05. The molecule has 1 aliphatic heterocycles. The lowest BCUT2D eigenvalue weighted by atomic mass is 9.97. The fourth-order valence-electron chi connectivity index (χ4n) is 3.04. The number of benzene rings is 1. The Morgan fingerprint density at radius 2 is 2.10 bits per heavy atom. The van der Waals surface area contributed by atoms with E-state index in [0.717, 1.165) is 39.2 Å². The zero-order valence-corrected chi connectivity index (χ0v) is 14.0. The summed E-state index contributed by atoms with van der Waals surface area (Å²) >= 11 is 0. The molecule has 0 amide bonds. The van der Waals surface area contributed by atoms with E-state index in [0.29, 0.717) is 12.1 Å². The van der Waals surface area contributed by atoms with Crippen molar-refractivity contribution in [3.05, 3.63) is 34.9 Å². The predicted molar refractivity (Wildman–Crippen MR) is 88.9 cm³/mol. The van der Waals surface area contributed by atoms with Gasteiger partial charge in [0.15, 0.2) is 0 Å². The first kappa shape index (κ1) is 16.5. The van der Waals surface area contributed by atoms with Gasteiger partial charge in [-0.05, 0) is 50.0 Å². The molecule has 1 N–H and O–H groups in total. The Balaban J connectivity index is 2.05. The summed E-state index contributed by atoms with van der Waals surface area (Å²) in [6.45, 7) is 13.8. The summed E-state index contributed by atoms with van der Waals surface area (Å²) in [5.41, 5.74) is 4.15. The van der Waals surface area contributed by atoms with Crippen LogP contribution in [-0.2, 0) is 11.2 Å². The van der Waals surface area contributed by atoms with Crippen LogP contribution in [0.3, 0.4) is 0 Å². The van der Waals surface area contributed by atoms with Crippen molar-refractivity contribution in [2.24, 2.45) is 0 Å². The van der Waals surface area contributed by atoms with E-state index >= 15 is 0 Å². The van der Waals surface area contributed by atoms with Crippen LogP contribution in [0.5, 0.6) is 0 Å². The van der Waals surface area contributed by atoms with E-state index in [-0.39, 0.29) is 0 Å². The van der Waals surface area contributed by atoms with E-state index in [1.54, 1.807) is 0 Å². The van der Waals surface area contributed by atoms with Crippen molar-refractivity contribution < 1.29 is 4.74 Å². The van der Waals surface area contributed by atoms with Crippen molar-refractivity contribution in [1.82, 2.24) is 10.2 Å². The molecule has 2 unspecified atom stereocenters. The molecule has 1 fully saturated rings. The Bertz CT molecular complexity index is 447. The number of morpholine rings is 1. The maximum atomic E-state index is 6.05. The average Bonchev–Trinajstić information content (AvgIpc) is 2.50. The van der Waals surface area contributed by atoms with Crippen LogP contribution in [0.15, 0.2) is 18.2 Å². The Hall–Kier alpha value is -0.900. The Morgan fingerprint density at radius 3 is 2.76 bits per heavy atom. The third kappa shape index (κ3) is 4.53. The molecule has 0 saturated carbocycles. The smallest absolute Gasteiger partial charge is 0.0858 e. The largest absolute Gasteiger partial charge is 0.374 e. The van der Waals surface area contributed by atoms with Gasteiger partial charge in [-0.15, -0.1) is 0 Å². The van der Waals surface area contributed by atoms with Crippen molar-refractivity contribution >= 4 is 0 Å². The van der Waals surface area contributed by atoms with Gasteiger partial charge in [-0.25, -0.2) is 0 Å². The molecule has 1 heterocycles. The van der Waals surface area contributed by atoms with Crippen molar-refractivity contribution in [3.8, 4) is 0 Å². The van der Waals surface area contributed by atoms with Gasteiger partial charge in [0.05, 0.1) is 12.7 Å². The quantitative estimate of drug-likeness (QED) is 0.871. The second kappa shape index (κ2) is 7.92. The monoisotopic (exact) mass is 290 g/mol. The van der Waals surface area contributed by atoms with Crippen LogP contribution in [0.2, 0.25) is 0 Å². The van der Waals surface area contributed by atoms with Gasteiger partial charge in [0, 0.05) is 19.1 Å². The normalized spacial score (nSPS) is 21.4. The summed E-state index contributed by atoms with van der Waals surface area (Å²) in [6.07, 6.45) is 1.33. The molecule has 2 atom stereocenters. The summed E-state index contributed by atoms with van der Waals surface area (Å²) in [5, 5.41) is 3.63. The van der Waals surface area contributed by atoms with Crippen LogP contribution in [-0.4, -0.2) is 49.8 Å². The van der Waals surface area contributed by atoms with Gasteiger partial charge in [0.1, 0.15) is 0 Å². The molecular formula is C18H30N2O.